The van der Waals surface area contributed by atoms with Crippen LogP contribution in [0.4, 0.5) is 4.79 Å². The van der Waals surface area contributed by atoms with Crippen molar-refractivity contribution in [2.75, 3.05) is 32.8 Å². The standard InChI is InChI=1S/C22H33BrN4O5S/c1-3-16-15-17(23)5-6-19(16)33(30,31)26-22(9-11-24-12-10-22)20(28)25-18-7-13-27(14-8-18)21(29)32-4-2/h5-6,15,18,24,26H,3-4,7-14H2,1-2H3,(H,25,28). The first-order valence-electron chi connectivity index (χ1n) is 11.5. The van der Waals surface area contributed by atoms with Crippen LogP contribution in [0.25, 0.3) is 0 Å². The van der Waals surface area contributed by atoms with Crippen molar-refractivity contribution in [2.24, 2.45) is 0 Å². The fourth-order valence-corrected chi connectivity index (χ4v) is 6.50. The highest BCUT2D eigenvalue weighted by Crippen LogP contribution is 2.27. The lowest BCUT2D eigenvalue weighted by molar-refractivity contribution is -0.129. The zero-order valence-electron chi connectivity index (χ0n) is 19.2. The quantitative estimate of drug-likeness (QED) is 0.484. The van der Waals surface area contributed by atoms with Gasteiger partial charge >= 0.3 is 6.09 Å². The number of carbonyl (C=O) groups excluding carboxylic acids is 2. The smallest absolute Gasteiger partial charge is 0.409 e. The van der Waals surface area contributed by atoms with Gasteiger partial charge in [0.15, 0.2) is 0 Å². The number of nitrogens with one attached hydrogen (secondary N) is 3. The summed E-state index contributed by atoms with van der Waals surface area (Å²) in [5.41, 5.74) is -0.534. The predicted molar refractivity (Wildman–Crippen MR) is 128 cm³/mol. The minimum absolute atomic E-state index is 0.127. The molecule has 2 saturated heterocycles. The molecular formula is C22H33BrN4O5S. The van der Waals surface area contributed by atoms with Crippen molar-refractivity contribution in [1.29, 1.82) is 0 Å². The van der Waals surface area contributed by atoms with Crippen LogP contribution in [0.3, 0.4) is 0 Å². The summed E-state index contributed by atoms with van der Waals surface area (Å²) in [4.78, 5) is 27.2. The van der Waals surface area contributed by atoms with Gasteiger partial charge in [-0.25, -0.2) is 13.2 Å². The molecule has 2 fully saturated rings. The lowest BCUT2D eigenvalue weighted by Gasteiger charge is -2.39. The fraction of sp³-hybridized carbons (Fsp3) is 0.636. The van der Waals surface area contributed by atoms with Gasteiger partial charge in [0.1, 0.15) is 5.54 Å². The minimum atomic E-state index is -3.92. The zero-order valence-corrected chi connectivity index (χ0v) is 21.6. The Kier molecular flexibility index (Phi) is 8.76. The molecule has 2 heterocycles. The third-order valence-electron chi connectivity index (χ3n) is 6.27. The van der Waals surface area contributed by atoms with E-state index in [1.54, 1.807) is 30.0 Å². The molecule has 184 valence electrons. The molecule has 33 heavy (non-hydrogen) atoms. The number of carbonyl (C=O) groups is 2. The number of sulfonamides is 1. The van der Waals surface area contributed by atoms with Gasteiger partial charge in [-0.2, -0.15) is 4.72 Å². The average molecular weight is 546 g/mol. The molecule has 0 radical (unpaired) electrons. The second kappa shape index (κ2) is 11.2. The van der Waals surface area contributed by atoms with E-state index in [9.17, 15) is 18.0 Å². The lowest BCUT2D eigenvalue weighted by atomic mass is 9.88. The van der Waals surface area contributed by atoms with Crippen molar-refractivity contribution < 1.29 is 22.7 Å². The first-order chi connectivity index (χ1) is 15.7. The number of likely N-dealkylation sites (tertiary alicyclic amines) is 1. The van der Waals surface area contributed by atoms with Crippen LogP contribution in [0.1, 0.15) is 45.1 Å². The number of hydrogen-bond donors (Lipinski definition) is 3. The highest BCUT2D eigenvalue weighted by atomic mass is 79.9. The molecule has 2 amide bonds. The first-order valence-corrected chi connectivity index (χ1v) is 13.7. The number of halogens is 1. The third-order valence-corrected chi connectivity index (χ3v) is 8.40. The van der Waals surface area contributed by atoms with Gasteiger partial charge in [0.25, 0.3) is 0 Å². The van der Waals surface area contributed by atoms with E-state index in [0.717, 1.165) is 4.47 Å². The van der Waals surface area contributed by atoms with Crippen molar-refractivity contribution >= 4 is 38.0 Å². The van der Waals surface area contributed by atoms with Gasteiger partial charge < -0.3 is 20.3 Å². The Morgan fingerprint density at radius 3 is 2.48 bits per heavy atom. The Bertz CT molecular complexity index is 958. The second-order valence-electron chi connectivity index (χ2n) is 8.48. The summed E-state index contributed by atoms with van der Waals surface area (Å²) in [6.07, 6.45) is 2.12. The summed E-state index contributed by atoms with van der Waals surface area (Å²) >= 11 is 3.39. The van der Waals surface area contributed by atoms with Gasteiger partial charge in [-0.3, -0.25) is 4.79 Å². The summed E-state index contributed by atoms with van der Waals surface area (Å²) in [6.45, 7) is 6.05. The predicted octanol–water partition coefficient (Wildman–Crippen LogP) is 2.15. The molecule has 3 N–H and O–H groups in total. The number of nitrogens with zero attached hydrogens (tertiary/aromatic N) is 1. The topological polar surface area (TPSA) is 117 Å². The van der Waals surface area contributed by atoms with E-state index in [1.807, 2.05) is 6.92 Å². The number of benzene rings is 1. The Labute approximate surface area is 204 Å². The minimum Gasteiger partial charge on any atom is -0.450 e. The Hall–Kier alpha value is -1.69. The van der Waals surface area contributed by atoms with Crippen LogP contribution in [0.15, 0.2) is 27.6 Å². The molecule has 0 atom stereocenters. The molecule has 0 spiro atoms. The molecule has 3 rings (SSSR count). The molecule has 0 aliphatic carbocycles. The van der Waals surface area contributed by atoms with E-state index < -0.39 is 15.6 Å². The maximum atomic E-state index is 13.4. The number of aryl methyl sites for hydroxylation is 1. The van der Waals surface area contributed by atoms with E-state index in [4.69, 9.17) is 4.74 Å². The molecule has 0 saturated carbocycles. The van der Waals surface area contributed by atoms with Gasteiger partial charge in [-0.15, -0.1) is 0 Å². The number of amides is 2. The van der Waals surface area contributed by atoms with Gasteiger partial charge in [0.2, 0.25) is 15.9 Å². The van der Waals surface area contributed by atoms with E-state index in [1.165, 1.54) is 0 Å². The van der Waals surface area contributed by atoms with Crippen LogP contribution in [-0.4, -0.2) is 69.7 Å². The molecule has 11 heteroatoms. The second-order valence-corrected chi connectivity index (χ2v) is 11.0. The summed E-state index contributed by atoms with van der Waals surface area (Å²) in [6, 6.07) is 4.93. The van der Waals surface area contributed by atoms with Crippen LogP contribution >= 0.6 is 15.9 Å². The molecule has 1 aromatic carbocycles. The summed E-state index contributed by atoms with van der Waals surface area (Å²) in [7, 11) is -3.92. The zero-order chi connectivity index (χ0) is 24.1. The lowest BCUT2D eigenvalue weighted by Crippen LogP contribution is -2.64. The van der Waals surface area contributed by atoms with Crippen molar-refractivity contribution in [2.45, 2.75) is 62.4 Å². The first kappa shape index (κ1) is 25.9. The third kappa shape index (κ3) is 6.26. The fourth-order valence-electron chi connectivity index (χ4n) is 4.37. The average Bonchev–Trinajstić information content (AvgIpc) is 2.79. The normalized spacial score (nSPS) is 19.2. The van der Waals surface area contributed by atoms with Gasteiger partial charge in [0.05, 0.1) is 11.5 Å². The van der Waals surface area contributed by atoms with E-state index in [2.05, 4.69) is 31.3 Å². The molecule has 0 aromatic heterocycles. The van der Waals surface area contributed by atoms with Crippen LogP contribution in [0.2, 0.25) is 0 Å². The summed E-state index contributed by atoms with van der Waals surface area (Å²) in [5, 5.41) is 6.26. The van der Waals surface area contributed by atoms with E-state index in [-0.39, 0.29) is 22.9 Å². The Morgan fingerprint density at radius 2 is 1.88 bits per heavy atom. The van der Waals surface area contributed by atoms with Gasteiger partial charge in [0, 0.05) is 23.6 Å². The van der Waals surface area contributed by atoms with Crippen LogP contribution in [-0.2, 0) is 26.0 Å². The molecule has 1 aromatic rings. The number of rotatable bonds is 7. The van der Waals surface area contributed by atoms with Gasteiger partial charge in [-0.1, -0.05) is 22.9 Å². The number of piperidine rings is 2. The Balaban J connectivity index is 1.74. The van der Waals surface area contributed by atoms with Crippen molar-refractivity contribution in [3.8, 4) is 0 Å². The highest BCUT2D eigenvalue weighted by Gasteiger charge is 2.44. The van der Waals surface area contributed by atoms with Crippen LogP contribution in [0, 0.1) is 0 Å². The largest absolute Gasteiger partial charge is 0.450 e. The maximum Gasteiger partial charge on any atom is 0.409 e. The van der Waals surface area contributed by atoms with Gasteiger partial charge in [-0.05, 0) is 75.9 Å². The number of hydrogen-bond acceptors (Lipinski definition) is 6. The van der Waals surface area contributed by atoms with Crippen molar-refractivity contribution in [1.82, 2.24) is 20.3 Å². The van der Waals surface area contributed by atoms with Crippen LogP contribution in [0.5, 0.6) is 0 Å². The van der Waals surface area contributed by atoms with Crippen LogP contribution < -0.4 is 15.4 Å². The molecule has 2 aliphatic rings. The SMILES string of the molecule is CCOC(=O)N1CCC(NC(=O)C2(NS(=O)(=O)c3ccc(Br)cc3CC)CCNCC2)CC1. The van der Waals surface area contributed by atoms with Crippen molar-refractivity contribution in [3.63, 3.8) is 0 Å². The molecule has 9 nitrogen and oxygen atoms in total. The summed E-state index contributed by atoms with van der Waals surface area (Å²) < 4.78 is 35.4. The van der Waals surface area contributed by atoms with E-state index in [0.29, 0.717) is 70.5 Å². The maximum absolute atomic E-state index is 13.4. The van der Waals surface area contributed by atoms with E-state index >= 15 is 0 Å². The Morgan fingerprint density at radius 1 is 1.21 bits per heavy atom. The molecular weight excluding hydrogens is 512 g/mol. The number of ether oxygens (including phenoxy) is 1. The molecule has 2 aliphatic heterocycles. The molecule has 0 bridgehead atoms. The summed E-state index contributed by atoms with van der Waals surface area (Å²) in [5.74, 6) is -0.308. The monoisotopic (exact) mass is 544 g/mol. The highest BCUT2D eigenvalue weighted by molar-refractivity contribution is 9.10. The van der Waals surface area contributed by atoms with Crippen molar-refractivity contribution in [3.05, 3.63) is 28.2 Å². The molecule has 0 unspecified atom stereocenters.